The minimum absolute atomic E-state index is 0.661. The van der Waals surface area contributed by atoms with Crippen LogP contribution in [-0.2, 0) is 0 Å². The van der Waals surface area contributed by atoms with Crippen molar-refractivity contribution in [3.63, 3.8) is 0 Å². The molecule has 2 N–H and O–H groups in total. The number of nitrogens with zero attached hydrogens (tertiary/aromatic N) is 1. The molecular formula is C7H5IN2O. The molecule has 0 fully saturated rings. The lowest BCUT2D eigenvalue weighted by atomic mass is 10.3. The van der Waals surface area contributed by atoms with E-state index in [0.29, 0.717) is 5.69 Å². The Morgan fingerprint density at radius 1 is 1.45 bits per heavy atom. The van der Waals surface area contributed by atoms with Crippen molar-refractivity contribution in [2.75, 3.05) is 5.73 Å². The Morgan fingerprint density at radius 2 is 2.27 bits per heavy atom. The van der Waals surface area contributed by atoms with Crippen molar-refractivity contribution in [2.45, 2.75) is 0 Å². The van der Waals surface area contributed by atoms with Crippen molar-refractivity contribution in [2.24, 2.45) is 0 Å². The zero-order valence-corrected chi connectivity index (χ0v) is 7.70. The van der Waals surface area contributed by atoms with Gasteiger partial charge in [0.1, 0.15) is 5.52 Å². The van der Waals surface area contributed by atoms with Crippen LogP contribution in [0.2, 0.25) is 0 Å². The van der Waals surface area contributed by atoms with E-state index in [1.807, 2.05) is 12.1 Å². The maximum atomic E-state index is 5.64. The van der Waals surface area contributed by atoms with E-state index in [2.05, 4.69) is 27.6 Å². The minimum atomic E-state index is 0.661. The number of anilines is 1. The van der Waals surface area contributed by atoms with Crippen molar-refractivity contribution in [1.29, 1.82) is 0 Å². The largest absolute Gasteiger partial charge is 0.442 e. The molecule has 1 heterocycles. The molecule has 0 saturated carbocycles. The first-order chi connectivity index (χ1) is 5.29. The van der Waals surface area contributed by atoms with Gasteiger partial charge >= 0.3 is 0 Å². The van der Waals surface area contributed by atoms with Gasteiger partial charge in [0.25, 0.3) is 0 Å². The number of rotatable bonds is 0. The summed E-state index contributed by atoms with van der Waals surface area (Å²) in [6, 6.07) is 3.73. The number of hydrogen-bond donors (Lipinski definition) is 1. The summed E-state index contributed by atoms with van der Waals surface area (Å²) >= 11 is 2.18. The fourth-order valence-electron chi connectivity index (χ4n) is 0.939. The van der Waals surface area contributed by atoms with Gasteiger partial charge in [-0.2, -0.15) is 0 Å². The van der Waals surface area contributed by atoms with Gasteiger partial charge in [-0.1, -0.05) is 0 Å². The lowest BCUT2D eigenvalue weighted by Crippen LogP contribution is -1.86. The van der Waals surface area contributed by atoms with Gasteiger partial charge in [0, 0.05) is 0 Å². The highest BCUT2D eigenvalue weighted by Crippen LogP contribution is 2.23. The molecule has 0 aliphatic carbocycles. The average Bonchev–Trinajstić information content (AvgIpc) is 2.45. The van der Waals surface area contributed by atoms with Crippen LogP contribution in [0.15, 0.2) is 22.9 Å². The summed E-state index contributed by atoms with van der Waals surface area (Å²) in [6.45, 7) is 0. The predicted octanol–water partition coefficient (Wildman–Crippen LogP) is 2.01. The third kappa shape index (κ3) is 0.973. The second-order valence-corrected chi connectivity index (χ2v) is 3.33. The molecule has 1 aromatic heterocycles. The van der Waals surface area contributed by atoms with Crippen molar-refractivity contribution in [1.82, 2.24) is 4.98 Å². The Bertz CT molecular complexity index is 360. The van der Waals surface area contributed by atoms with Crippen molar-refractivity contribution < 1.29 is 4.42 Å². The van der Waals surface area contributed by atoms with Gasteiger partial charge in [0.2, 0.25) is 0 Å². The second-order valence-electron chi connectivity index (χ2n) is 2.17. The van der Waals surface area contributed by atoms with E-state index in [4.69, 9.17) is 10.2 Å². The molecular weight excluding hydrogens is 255 g/mol. The summed E-state index contributed by atoms with van der Waals surface area (Å²) in [4.78, 5) is 3.98. The number of nitrogen functional groups attached to an aromatic ring is 1. The molecule has 3 nitrogen and oxygen atoms in total. The number of oxazole rings is 1. The quantitative estimate of drug-likeness (QED) is 0.582. The van der Waals surface area contributed by atoms with Crippen LogP contribution in [-0.4, -0.2) is 4.98 Å². The molecule has 56 valence electrons. The van der Waals surface area contributed by atoms with E-state index in [9.17, 15) is 0 Å². The molecule has 1 aromatic carbocycles. The molecule has 4 heteroatoms. The Labute approximate surface area is 76.7 Å². The molecule has 0 spiro atoms. The molecule has 11 heavy (non-hydrogen) atoms. The Balaban J connectivity index is 2.96. The molecule has 0 atom stereocenters. The highest BCUT2D eigenvalue weighted by atomic mass is 127. The van der Waals surface area contributed by atoms with E-state index in [1.54, 1.807) is 0 Å². The Hall–Kier alpha value is -0.780. The summed E-state index contributed by atoms with van der Waals surface area (Å²) in [6.07, 6.45) is 1.41. The number of hydrogen-bond acceptors (Lipinski definition) is 3. The van der Waals surface area contributed by atoms with Crippen molar-refractivity contribution in [3.8, 4) is 0 Å². The lowest BCUT2D eigenvalue weighted by molar-refractivity contribution is 0.600. The standard InChI is InChI=1S/C7H5IN2O/c8-4-1-2-5(9)6-7(4)11-3-10-6/h1-3H,9H2. The van der Waals surface area contributed by atoms with Gasteiger partial charge in [0.15, 0.2) is 12.0 Å². The van der Waals surface area contributed by atoms with Crippen LogP contribution in [0.1, 0.15) is 0 Å². The summed E-state index contributed by atoms with van der Waals surface area (Å²) in [7, 11) is 0. The molecule has 0 unspecified atom stereocenters. The molecule has 0 amide bonds. The predicted molar refractivity (Wildman–Crippen MR) is 51.1 cm³/mol. The van der Waals surface area contributed by atoms with Crippen LogP contribution >= 0.6 is 22.6 Å². The Kier molecular flexibility index (Phi) is 1.49. The molecule has 0 saturated heterocycles. The van der Waals surface area contributed by atoms with Crippen LogP contribution in [0.25, 0.3) is 11.1 Å². The maximum Gasteiger partial charge on any atom is 0.182 e. The van der Waals surface area contributed by atoms with Gasteiger partial charge in [-0.25, -0.2) is 4.98 Å². The zero-order chi connectivity index (χ0) is 7.84. The number of benzene rings is 1. The van der Waals surface area contributed by atoms with Gasteiger partial charge in [0.05, 0.1) is 9.26 Å². The SMILES string of the molecule is Nc1ccc(I)c2ocnc12. The number of halogens is 1. The van der Waals surface area contributed by atoms with Gasteiger partial charge in [-0.3, -0.25) is 0 Å². The van der Waals surface area contributed by atoms with Crippen molar-refractivity contribution in [3.05, 3.63) is 22.1 Å². The molecule has 2 aromatic rings. The number of nitrogens with two attached hydrogens (primary N) is 1. The fraction of sp³-hybridized carbons (Fsp3) is 0. The third-order valence-electron chi connectivity index (χ3n) is 1.47. The third-order valence-corrected chi connectivity index (χ3v) is 2.32. The van der Waals surface area contributed by atoms with Crippen LogP contribution in [0.3, 0.4) is 0 Å². The average molecular weight is 260 g/mol. The van der Waals surface area contributed by atoms with Crippen LogP contribution in [0, 0.1) is 3.57 Å². The molecule has 2 rings (SSSR count). The fourth-order valence-corrected chi connectivity index (χ4v) is 1.50. The van der Waals surface area contributed by atoms with Crippen molar-refractivity contribution >= 4 is 39.4 Å². The monoisotopic (exact) mass is 260 g/mol. The Morgan fingerprint density at radius 3 is 3.00 bits per heavy atom. The first-order valence-corrected chi connectivity index (χ1v) is 4.14. The number of aromatic nitrogens is 1. The highest BCUT2D eigenvalue weighted by Gasteiger charge is 2.04. The zero-order valence-electron chi connectivity index (χ0n) is 5.54. The smallest absolute Gasteiger partial charge is 0.182 e. The highest BCUT2D eigenvalue weighted by molar-refractivity contribution is 14.1. The summed E-state index contributed by atoms with van der Waals surface area (Å²) in [5.41, 5.74) is 7.82. The summed E-state index contributed by atoms with van der Waals surface area (Å²) in [5, 5.41) is 0. The van der Waals surface area contributed by atoms with Gasteiger partial charge < -0.3 is 10.2 Å². The minimum Gasteiger partial charge on any atom is -0.442 e. The maximum absolute atomic E-state index is 5.64. The summed E-state index contributed by atoms with van der Waals surface area (Å²) < 4.78 is 6.16. The lowest BCUT2D eigenvalue weighted by Gasteiger charge is -1.93. The van der Waals surface area contributed by atoms with E-state index in [0.717, 1.165) is 14.7 Å². The van der Waals surface area contributed by atoms with Crippen LogP contribution in [0.5, 0.6) is 0 Å². The van der Waals surface area contributed by atoms with Crippen LogP contribution in [0.4, 0.5) is 5.69 Å². The van der Waals surface area contributed by atoms with E-state index in [-0.39, 0.29) is 0 Å². The molecule has 0 bridgehead atoms. The normalized spacial score (nSPS) is 10.6. The van der Waals surface area contributed by atoms with Crippen LogP contribution < -0.4 is 5.73 Å². The first-order valence-electron chi connectivity index (χ1n) is 3.06. The molecule has 0 radical (unpaired) electrons. The first kappa shape index (κ1) is 6.90. The van der Waals surface area contributed by atoms with E-state index in [1.165, 1.54) is 6.39 Å². The van der Waals surface area contributed by atoms with Gasteiger partial charge in [-0.15, -0.1) is 0 Å². The molecule has 0 aliphatic rings. The topological polar surface area (TPSA) is 52.0 Å². The van der Waals surface area contributed by atoms with E-state index >= 15 is 0 Å². The second kappa shape index (κ2) is 2.37. The summed E-state index contributed by atoms with van der Waals surface area (Å²) in [5.74, 6) is 0. The number of fused-ring (bicyclic) bond motifs is 1. The van der Waals surface area contributed by atoms with E-state index < -0.39 is 0 Å². The molecule has 0 aliphatic heterocycles. The van der Waals surface area contributed by atoms with Gasteiger partial charge in [-0.05, 0) is 34.7 Å².